The molecule has 1 aromatic carbocycles. The van der Waals surface area contributed by atoms with Gasteiger partial charge in [-0.3, -0.25) is 14.8 Å². The van der Waals surface area contributed by atoms with Gasteiger partial charge < -0.3 is 4.90 Å². The number of likely N-dealkylation sites (tertiary alicyclic amines) is 1. The zero-order chi connectivity index (χ0) is 20.2. The second kappa shape index (κ2) is 8.47. The van der Waals surface area contributed by atoms with Crippen LogP contribution in [0.1, 0.15) is 51.8 Å². The summed E-state index contributed by atoms with van der Waals surface area (Å²) in [7, 11) is 0. The van der Waals surface area contributed by atoms with Gasteiger partial charge in [0.15, 0.2) is 0 Å². The van der Waals surface area contributed by atoms with Gasteiger partial charge in [0.05, 0.1) is 6.20 Å². The molecule has 3 aromatic rings. The predicted octanol–water partition coefficient (Wildman–Crippen LogP) is 3.93. The normalized spacial score (nSPS) is 16.6. The van der Waals surface area contributed by atoms with Gasteiger partial charge in [0.1, 0.15) is 11.5 Å². The first-order chi connectivity index (χ1) is 14.1. The van der Waals surface area contributed by atoms with Crippen molar-refractivity contribution in [3.63, 3.8) is 0 Å². The third-order valence-electron chi connectivity index (χ3n) is 5.29. The number of aryl methyl sites for hydroxylation is 1. The fraction of sp³-hybridized carbons (Fsp3) is 0.304. The number of amides is 1. The lowest BCUT2D eigenvalue weighted by molar-refractivity contribution is 0.0699. The maximum atomic E-state index is 14.1. The van der Waals surface area contributed by atoms with E-state index in [2.05, 4.69) is 16.0 Å². The number of piperidine rings is 1. The first-order valence-corrected chi connectivity index (χ1v) is 9.86. The van der Waals surface area contributed by atoms with Crippen LogP contribution in [0.2, 0.25) is 0 Å². The Kier molecular flexibility index (Phi) is 5.60. The van der Waals surface area contributed by atoms with Gasteiger partial charge in [0.25, 0.3) is 5.91 Å². The van der Waals surface area contributed by atoms with Crippen LogP contribution in [0, 0.1) is 12.7 Å². The molecule has 1 fully saturated rings. The molecule has 1 amide bonds. The number of pyridine rings is 1. The van der Waals surface area contributed by atoms with Crippen molar-refractivity contribution in [2.75, 3.05) is 13.1 Å². The lowest BCUT2D eigenvalue weighted by atomic mass is 9.92. The highest BCUT2D eigenvalue weighted by Gasteiger charge is 2.27. The van der Waals surface area contributed by atoms with Crippen LogP contribution in [0.15, 0.2) is 55.0 Å². The third kappa shape index (κ3) is 4.47. The zero-order valence-corrected chi connectivity index (χ0v) is 16.4. The average Bonchev–Trinajstić information content (AvgIpc) is 2.75. The molecule has 1 aliphatic rings. The molecule has 6 heteroatoms. The molecule has 3 heterocycles. The van der Waals surface area contributed by atoms with Gasteiger partial charge >= 0.3 is 0 Å². The highest BCUT2D eigenvalue weighted by Crippen LogP contribution is 2.28. The van der Waals surface area contributed by atoms with E-state index >= 15 is 0 Å². The smallest absolute Gasteiger partial charge is 0.274 e. The van der Waals surface area contributed by atoms with Crippen LogP contribution in [0.4, 0.5) is 4.39 Å². The van der Waals surface area contributed by atoms with Gasteiger partial charge in [0, 0.05) is 49.2 Å². The summed E-state index contributed by atoms with van der Waals surface area (Å²) in [6.45, 7) is 3.27. The molecule has 4 rings (SSSR count). The fourth-order valence-electron chi connectivity index (χ4n) is 3.92. The molecule has 0 spiro atoms. The lowest BCUT2D eigenvalue weighted by Crippen LogP contribution is -2.39. The Morgan fingerprint density at radius 3 is 2.90 bits per heavy atom. The molecule has 0 saturated carbocycles. The topological polar surface area (TPSA) is 59.0 Å². The highest BCUT2D eigenvalue weighted by atomic mass is 19.1. The monoisotopic (exact) mass is 390 g/mol. The van der Waals surface area contributed by atoms with E-state index < -0.39 is 0 Å². The number of rotatable bonds is 4. The minimum Gasteiger partial charge on any atom is -0.337 e. The second-order valence-electron chi connectivity index (χ2n) is 7.49. The molecule has 29 heavy (non-hydrogen) atoms. The molecule has 0 N–H and O–H groups in total. The average molecular weight is 390 g/mol. The Morgan fingerprint density at radius 1 is 1.24 bits per heavy atom. The molecule has 1 unspecified atom stereocenters. The molecule has 1 atom stereocenters. The van der Waals surface area contributed by atoms with Crippen molar-refractivity contribution < 1.29 is 9.18 Å². The van der Waals surface area contributed by atoms with Crippen molar-refractivity contribution >= 4 is 5.91 Å². The summed E-state index contributed by atoms with van der Waals surface area (Å²) in [5, 5.41) is 0. The van der Waals surface area contributed by atoms with E-state index in [1.807, 2.05) is 30.0 Å². The summed E-state index contributed by atoms with van der Waals surface area (Å²) in [6.07, 6.45) is 7.01. The minimum atomic E-state index is -0.193. The van der Waals surface area contributed by atoms with Crippen molar-refractivity contribution in [1.29, 1.82) is 0 Å². The highest BCUT2D eigenvalue weighted by molar-refractivity contribution is 5.92. The quantitative estimate of drug-likeness (QED) is 0.677. The lowest BCUT2D eigenvalue weighted by Gasteiger charge is -2.32. The number of halogens is 1. The van der Waals surface area contributed by atoms with E-state index in [1.54, 1.807) is 12.3 Å². The van der Waals surface area contributed by atoms with Crippen LogP contribution in [-0.2, 0) is 6.42 Å². The zero-order valence-electron chi connectivity index (χ0n) is 16.4. The third-order valence-corrected chi connectivity index (χ3v) is 5.29. The summed E-state index contributed by atoms with van der Waals surface area (Å²) in [5.41, 5.74) is 3.95. The summed E-state index contributed by atoms with van der Waals surface area (Å²) >= 11 is 0. The molecule has 148 valence electrons. The number of nitrogens with zero attached hydrogens (tertiary/aromatic N) is 4. The minimum absolute atomic E-state index is 0.0953. The molecule has 1 aliphatic heterocycles. The van der Waals surface area contributed by atoms with E-state index in [1.165, 1.54) is 18.5 Å². The van der Waals surface area contributed by atoms with Gasteiger partial charge in [-0.25, -0.2) is 9.37 Å². The van der Waals surface area contributed by atoms with Crippen LogP contribution in [-0.4, -0.2) is 38.8 Å². The Bertz CT molecular complexity index is 1010. The summed E-state index contributed by atoms with van der Waals surface area (Å²) in [5.74, 6) is -0.132. The van der Waals surface area contributed by atoms with Crippen LogP contribution in [0.25, 0.3) is 0 Å². The van der Waals surface area contributed by atoms with Crippen molar-refractivity contribution in [2.24, 2.45) is 0 Å². The Morgan fingerprint density at radius 2 is 2.10 bits per heavy atom. The molecule has 0 radical (unpaired) electrons. The van der Waals surface area contributed by atoms with E-state index in [-0.39, 0.29) is 17.6 Å². The van der Waals surface area contributed by atoms with Gasteiger partial charge in [-0.05, 0) is 49.1 Å². The van der Waals surface area contributed by atoms with E-state index in [0.717, 1.165) is 29.8 Å². The number of aromatic nitrogens is 3. The molecule has 1 saturated heterocycles. The molecule has 2 aromatic heterocycles. The molecule has 0 bridgehead atoms. The van der Waals surface area contributed by atoms with E-state index in [9.17, 15) is 9.18 Å². The first-order valence-electron chi connectivity index (χ1n) is 9.86. The van der Waals surface area contributed by atoms with Crippen LogP contribution >= 0.6 is 0 Å². The van der Waals surface area contributed by atoms with Gasteiger partial charge in [-0.15, -0.1) is 0 Å². The fourth-order valence-corrected chi connectivity index (χ4v) is 3.92. The number of hydrogen-bond acceptors (Lipinski definition) is 4. The van der Waals surface area contributed by atoms with Gasteiger partial charge in [-0.2, -0.15) is 0 Å². The molecular formula is C23H23FN4O. The van der Waals surface area contributed by atoms with Crippen molar-refractivity contribution in [1.82, 2.24) is 19.9 Å². The molecule has 5 nitrogen and oxygen atoms in total. The second-order valence-corrected chi connectivity index (χ2v) is 7.49. The standard InChI is InChI=1S/C23H23FN4O/c1-16-11-17(12-18-5-2-3-7-20(18)24)13-21(27-16)19-6-4-10-28(15-19)23(29)22-14-25-8-9-26-22/h2-3,5,7-9,11,13-14,19H,4,6,10,12,15H2,1H3. The van der Waals surface area contributed by atoms with Crippen molar-refractivity contribution in [2.45, 2.75) is 32.1 Å². The SMILES string of the molecule is Cc1cc(Cc2ccccc2F)cc(C2CCCN(C(=O)c3cnccn3)C2)n1. The number of carbonyl (C=O) groups excluding carboxylic acids is 1. The molecular weight excluding hydrogens is 367 g/mol. The van der Waals surface area contributed by atoms with Crippen molar-refractivity contribution in [3.8, 4) is 0 Å². The summed E-state index contributed by atoms with van der Waals surface area (Å²) in [6, 6.07) is 10.9. The maximum Gasteiger partial charge on any atom is 0.274 e. The van der Waals surface area contributed by atoms with Crippen molar-refractivity contribution in [3.05, 3.63) is 89.0 Å². The van der Waals surface area contributed by atoms with E-state index in [4.69, 9.17) is 4.98 Å². The van der Waals surface area contributed by atoms with Gasteiger partial charge in [-0.1, -0.05) is 18.2 Å². The van der Waals surface area contributed by atoms with Gasteiger partial charge in [0.2, 0.25) is 0 Å². The van der Waals surface area contributed by atoms with E-state index in [0.29, 0.717) is 30.8 Å². The first kappa shape index (κ1) is 19.2. The number of benzene rings is 1. The van der Waals surface area contributed by atoms with Crippen LogP contribution in [0.3, 0.4) is 0 Å². The summed E-state index contributed by atoms with van der Waals surface area (Å²) < 4.78 is 14.1. The maximum absolute atomic E-state index is 14.1. The largest absolute Gasteiger partial charge is 0.337 e. The summed E-state index contributed by atoms with van der Waals surface area (Å²) in [4.78, 5) is 27.4. The number of hydrogen-bond donors (Lipinski definition) is 0. The Labute approximate surface area is 169 Å². The predicted molar refractivity (Wildman–Crippen MR) is 108 cm³/mol. The van der Waals surface area contributed by atoms with Crippen LogP contribution in [0.5, 0.6) is 0 Å². The van der Waals surface area contributed by atoms with Crippen LogP contribution < -0.4 is 0 Å². The Balaban J connectivity index is 1.54. The Hall–Kier alpha value is -3.15. The number of carbonyl (C=O) groups is 1. The molecule has 0 aliphatic carbocycles.